The van der Waals surface area contributed by atoms with Gasteiger partial charge in [0.1, 0.15) is 5.82 Å². The van der Waals surface area contributed by atoms with Gasteiger partial charge in [0, 0.05) is 25.7 Å². The van der Waals surface area contributed by atoms with Crippen LogP contribution in [0.1, 0.15) is 17.3 Å². The van der Waals surface area contributed by atoms with E-state index in [0.29, 0.717) is 5.69 Å². The molecule has 0 unspecified atom stereocenters. The molecule has 2 aromatic rings. The molecule has 2 rings (SSSR count). The molecule has 2 aromatic carbocycles. The number of benzene rings is 2. The summed E-state index contributed by atoms with van der Waals surface area (Å²) in [4.78, 5) is 22.9. The number of carbonyl (C=O) groups excluding carboxylic acids is 2. The average molecular weight is 414 g/mol. The van der Waals surface area contributed by atoms with Crippen molar-refractivity contribution in [3.63, 3.8) is 0 Å². The molecule has 10 heteroatoms. The Morgan fingerprint density at radius 2 is 1.74 bits per heavy atom. The number of sulfonamides is 1. The van der Waals surface area contributed by atoms with Crippen molar-refractivity contribution in [3.05, 3.63) is 58.9 Å². The molecule has 27 heavy (non-hydrogen) atoms. The number of nitrogens with one attached hydrogen (secondary N) is 3. The van der Waals surface area contributed by atoms with Crippen LogP contribution in [0.2, 0.25) is 5.02 Å². The molecule has 3 N–H and O–H groups in total. The van der Waals surface area contributed by atoms with Gasteiger partial charge in [0.15, 0.2) is 0 Å². The van der Waals surface area contributed by atoms with Crippen LogP contribution in [0.5, 0.6) is 0 Å². The average Bonchev–Trinajstić information content (AvgIpc) is 2.58. The van der Waals surface area contributed by atoms with Gasteiger partial charge >= 0.3 is 0 Å². The third-order valence-electron chi connectivity index (χ3n) is 3.38. The molecule has 0 aliphatic heterocycles. The van der Waals surface area contributed by atoms with E-state index in [9.17, 15) is 22.4 Å². The summed E-state index contributed by atoms with van der Waals surface area (Å²) in [6.07, 6.45) is 0. The summed E-state index contributed by atoms with van der Waals surface area (Å²) in [5, 5.41) is 4.89. The Morgan fingerprint density at radius 1 is 1.07 bits per heavy atom. The quantitative estimate of drug-likeness (QED) is 0.605. The Hall–Kier alpha value is -2.49. The molecular formula is C17H17ClFN3O4S. The van der Waals surface area contributed by atoms with Gasteiger partial charge in [0.2, 0.25) is 15.9 Å². The first-order valence-electron chi connectivity index (χ1n) is 7.80. The molecule has 0 saturated heterocycles. The van der Waals surface area contributed by atoms with E-state index in [0.717, 1.165) is 6.07 Å². The predicted octanol–water partition coefficient (Wildman–Crippen LogP) is 2.15. The number of halogens is 2. The molecule has 7 nitrogen and oxygen atoms in total. The van der Waals surface area contributed by atoms with Crippen LogP contribution < -0.4 is 15.4 Å². The summed E-state index contributed by atoms with van der Waals surface area (Å²) in [7, 11) is -3.80. The molecule has 0 bridgehead atoms. The first-order valence-corrected chi connectivity index (χ1v) is 9.66. The molecule has 0 spiro atoms. The zero-order chi connectivity index (χ0) is 20.0. The second-order valence-electron chi connectivity index (χ2n) is 5.46. The maximum absolute atomic E-state index is 13.6. The third kappa shape index (κ3) is 5.75. The lowest BCUT2D eigenvalue weighted by Gasteiger charge is -2.10. The Kier molecular flexibility index (Phi) is 6.89. The SMILES string of the molecule is CC(=O)Nc1ccc(S(=O)(=O)NCCNC(=O)c2c(F)cccc2Cl)cc1. The Labute approximate surface area is 161 Å². The molecule has 0 saturated carbocycles. The van der Waals surface area contributed by atoms with Crippen molar-refractivity contribution in [1.82, 2.24) is 10.0 Å². The minimum Gasteiger partial charge on any atom is -0.351 e. The van der Waals surface area contributed by atoms with E-state index in [1.54, 1.807) is 0 Å². The number of carbonyl (C=O) groups is 2. The lowest BCUT2D eigenvalue weighted by Crippen LogP contribution is -2.35. The third-order valence-corrected chi connectivity index (χ3v) is 5.17. The number of hydrogen-bond acceptors (Lipinski definition) is 4. The van der Waals surface area contributed by atoms with Crippen molar-refractivity contribution in [1.29, 1.82) is 0 Å². The van der Waals surface area contributed by atoms with Crippen LogP contribution in [0, 0.1) is 5.82 Å². The normalized spacial score (nSPS) is 11.1. The highest BCUT2D eigenvalue weighted by Gasteiger charge is 2.16. The highest BCUT2D eigenvalue weighted by molar-refractivity contribution is 7.89. The summed E-state index contributed by atoms with van der Waals surface area (Å²) < 4.78 is 40.4. The van der Waals surface area contributed by atoms with Crippen molar-refractivity contribution < 1.29 is 22.4 Å². The molecule has 0 aromatic heterocycles. The zero-order valence-electron chi connectivity index (χ0n) is 14.3. The van der Waals surface area contributed by atoms with Gasteiger partial charge in [-0.05, 0) is 36.4 Å². The maximum atomic E-state index is 13.6. The standard InChI is InChI=1S/C17H17ClFN3O4S/c1-11(23)22-12-5-7-13(8-6-12)27(25,26)21-10-9-20-17(24)16-14(18)3-2-4-15(16)19/h2-8,21H,9-10H2,1H3,(H,20,24)(H,22,23). The number of hydrogen-bond donors (Lipinski definition) is 3. The van der Waals surface area contributed by atoms with Gasteiger partial charge in [0.05, 0.1) is 15.5 Å². The van der Waals surface area contributed by atoms with E-state index in [1.165, 1.54) is 43.3 Å². The molecule has 2 amide bonds. The molecular weight excluding hydrogens is 397 g/mol. The monoisotopic (exact) mass is 413 g/mol. The summed E-state index contributed by atoms with van der Waals surface area (Å²) in [5.74, 6) is -1.77. The second kappa shape index (κ2) is 8.94. The summed E-state index contributed by atoms with van der Waals surface area (Å²) >= 11 is 5.80. The number of amides is 2. The minimum atomic E-state index is -3.80. The van der Waals surface area contributed by atoms with Gasteiger partial charge in [0.25, 0.3) is 5.91 Å². The highest BCUT2D eigenvalue weighted by atomic mass is 35.5. The van der Waals surface area contributed by atoms with Crippen molar-refractivity contribution in [2.45, 2.75) is 11.8 Å². The van der Waals surface area contributed by atoms with Gasteiger partial charge < -0.3 is 10.6 Å². The molecule has 144 valence electrons. The van der Waals surface area contributed by atoms with Crippen molar-refractivity contribution in [3.8, 4) is 0 Å². The van der Waals surface area contributed by atoms with Gasteiger partial charge in [-0.25, -0.2) is 17.5 Å². The lowest BCUT2D eigenvalue weighted by atomic mass is 10.2. The zero-order valence-corrected chi connectivity index (χ0v) is 15.8. The van der Waals surface area contributed by atoms with Crippen LogP contribution in [-0.4, -0.2) is 33.3 Å². The fourth-order valence-corrected chi connectivity index (χ4v) is 3.45. The van der Waals surface area contributed by atoms with Crippen molar-refractivity contribution in [2.75, 3.05) is 18.4 Å². The summed E-state index contributed by atoms with van der Waals surface area (Å²) in [6.45, 7) is 1.18. The molecule has 0 aliphatic rings. The van der Waals surface area contributed by atoms with Crippen LogP contribution in [0.3, 0.4) is 0 Å². The molecule has 0 fully saturated rings. The highest BCUT2D eigenvalue weighted by Crippen LogP contribution is 2.18. The Balaban J connectivity index is 1.90. The van der Waals surface area contributed by atoms with Crippen molar-refractivity contribution in [2.24, 2.45) is 0 Å². The van der Waals surface area contributed by atoms with Crippen LogP contribution in [-0.2, 0) is 14.8 Å². The van der Waals surface area contributed by atoms with Gasteiger partial charge in [-0.2, -0.15) is 0 Å². The first kappa shape index (κ1) is 20.8. The Morgan fingerprint density at radius 3 is 2.33 bits per heavy atom. The van der Waals surface area contributed by atoms with E-state index >= 15 is 0 Å². The molecule has 0 radical (unpaired) electrons. The summed E-state index contributed by atoms with van der Waals surface area (Å²) in [5.41, 5.74) is 0.172. The van der Waals surface area contributed by atoms with Gasteiger partial charge in [-0.1, -0.05) is 17.7 Å². The minimum absolute atomic E-state index is 0.0000711. The maximum Gasteiger partial charge on any atom is 0.255 e. The fourth-order valence-electron chi connectivity index (χ4n) is 2.17. The molecule has 0 heterocycles. The fraction of sp³-hybridized carbons (Fsp3) is 0.176. The number of rotatable bonds is 7. The van der Waals surface area contributed by atoms with Crippen molar-refractivity contribution >= 4 is 39.1 Å². The smallest absolute Gasteiger partial charge is 0.255 e. The Bertz CT molecular complexity index is 929. The van der Waals surface area contributed by atoms with E-state index < -0.39 is 21.7 Å². The first-order chi connectivity index (χ1) is 12.7. The summed E-state index contributed by atoms with van der Waals surface area (Å²) in [6, 6.07) is 9.45. The van der Waals surface area contributed by atoms with E-state index in [4.69, 9.17) is 11.6 Å². The van der Waals surface area contributed by atoms with Gasteiger partial charge in [-0.3, -0.25) is 9.59 Å². The molecule has 0 aliphatic carbocycles. The van der Waals surface area contributed by atoms with E-state index in [1.807, 2.05) is 0 Å². The van der Waals surface area contributed by atoms with Crippen LogP contribution in [0.25, 0.3) is 0 Å². The largest absolute Gasteiger partial charge is 0.351 e. The van der Waals surface area contributed by atoms with Crippen LogP contribution in [0.4, 0.5) is 10.1 Å². The lowest BCUT2D eigenvalue weighted by molar-refractivity contribution is -0.114. The predicted molar refractivity (Wildman–Crippen MR) is 99.7 cm³/mol. The van der Waals surface area contributed by atoms with Crippen LogP contribution >= 0.6 is 11.6 Å². The molecule has 0 atom stereocenters. The number of anilines is 1. The van der Waals surface area contributed by atoms with Crippen LogP contribution in [0.15, 0.2) is 47.4 Å². The van der Waals surface area contributed by atoms with Gasteiger partial charge in [-0.15, -0.1) is 0 Å². The second-order valence-corrected chi connectivity index (χ2v) is 7.63. The van der Waals surface area contributed by atoms with E-state index in [2.05, 4.69) is 15.4 Å². The van der Waals surface area contributed by atoms with E-state index in [-0.39, 0.29) is 34.5 Å². The topological polar surface area (TPSA) is 104 Å².